The van der Waals surface area contributed by atoms with Gasteiger partial charge < -0.3 is 25.3 Å². The van der Waals surface area contributed by atoms with Crippen LogP contribution >= 0.6 is 0 Å². The van der Waals surface area contributed by atoms with Crippen molar-refractivity contribution in [2.75, 3.05) is 13.1 Å². The zero-order valence-corrected chi connectivity index (χ0v) is 19.9. The van der Waals surface area contributed by atoms with E-state index >= 15 is 0 Å². The first-order chi connectivity index (χ1) is 17.1. The highest BCUT2D eigenvalue weighted by Gasteiger charge is 2.69. The Hall–Kier alpha value is -3.68. The molecule has 0 bridgehead atoms. The first-order valence-corrected chi connectivity index (χ1v) is 12.0. The van der Waals surface area contributed by atoms with Crippen LogP contribution in [0.1, 0.15) is 37.2 Å². The molecular formula is C25H27F2N5O4. The molecular weight excluding hydrogens is 472 g/mol. The van der Waals surface area contributed by atoms with Gasteiger partial charge in [-0.3, -0.25) is 14.4 Å². The van der Waals surface area contributed by atoms with Gasteiger partial charge >= 0.3 is 6.61 Å². The molecule has 5 rings (SSSR count). The molecule has 9 nitrogen and oxygen atoms in total. The molecule has 1 aromatic heterocycles. The molecule has 3 N–H and O–H groups in total. The summed E-state index contributed by atoms with van der Waals surface area (Å²) in [6, 6.07) is 6.48. The Morgan fingerprint density at radius 3 is 2.81 bits per heavy atom. The maximum Gasteiger partial charge on any atom is 0.387 e. The van der Waals surface area contributed by atoms with Crippen LogP contribution in [-0.4, -0.2) is 59.4 Å². The number of nitrogens with one attached hydrogen (secondary N) is 3. The van der Waals surface area contributed by atoms with Crippen molar-refractivity contribution < 1.29 is 27.9 Å². The number of rotatable bonds is 7. The Bertz CT molecular complexity index is 1270. The summed E-state index contributed by atoms with van der Waals surface area (Å²) < 4.78 is 30.2. The highest BCUT2D eigenvalue weighted by atomic mass is 19.3. The Morgan fingerprint density at radius 2 is 2.14 bits per heavy atom. The van der Waals surface area contributed by atoms with E-state index in [4.69, 9.17) is 0 Å². The second-order valence-electron chi connectivity index (χ2n) is 10.3. The number of carbonyl (C=O) groups is 3. The first kappa shape index (κ1) is 24.0. The molecule has 1 aliphatic carbocycles. The fourth-order valence-corrected chi connectivity index (χ4v) is 5.95. The lowest BCUT2D eigenvalue weighted by Gasteiger charge is -2.30. The van der Waals surface area contributed by atoms with Gasteiger partial charge in [-0.25, -0.2) is 0 Å². The Labute approximate surface area is 206 Å². The van der Waals surface area contributed by atoms with Gasteiger partial charge in [0, 0.05) is 29.9 Å². The lowest BCUT2D eigenvalue weighted by molar-refractivity contribution is -0.127. The third-order valence-electron chi connectivity index (χ3n) is 7.96. The number of fused-ring (bicyclic) bond motifs is 2. The molecule has 5 atom stereocenters. The van der Waals surface area contributed by atoms with Crippen molar-refractivity contribution in [3.05, 3.63) is 30.0 Å². The molecule has 2 aromatic rings. The third-order valence-corrected chi connectivity index (χ3v) is 7.96. The van der Waals surface area contributed by atoms with E-state index in [-0.39, 0.29) is 46.9 Å². The van der Waals surface area contributed by atoms with Gasteiger partial charge in [-0.05, 0) is 48.3 Å². The molecule has 3 amide bonds. The summed E-state index contributed by atoms with van der Waals surface area (Å²) in [6.07, 6.45) is 0.817. The standard InChI is InChI=1S/C25H27F2N5O4/c1-25(2)15-11-32(23(35)17-9-14-16(31-17)4-3-5-18(14)36-24(26)27)20(19(15)25)22(34)30-13(10-28)8-12-6-7-29-21(12)33/h3-5,9,12-13,15,19-20,24,31H,6-8,11H2,1-2H3,(H,29,33)(H,30,34)/t12-,13-,15+,19+,20-/m0/s1. The molecule has 36 heavy (non-hydrogen) atoms. The smallest absolute Gasteiger partial charge is 0.387 e. The highest BCUT2D eigenvalue weighted by molar-refractivity contribution is 6.02. The molecule has 1 aromatic carbocycles. The van der Waals surface area contributed by atoms with E-state index < -0.39 is 30.5 Å². The van der Waals surface area contributed by atoms with Crippen molar-refractivity contribution in [3.63, 3.8) is 0 Å². The number of piperidine rings is 1. The van der Waals surface area contributed by atoms with Crippen molar-refractivity contribution in [3.8, 4) is 11.8 Å². The van der Waals surface area contributed by atoms with Crippen LogP contribution in [0.15, 0.2) is 24.3 Å². The number of aromatic nitrogens is 1. The molecule has 2 saturated heterocycles. The van der Waals surface area contributed by atoms with Gasteiger partial charge in [-0.1, -0.05) is 19.9 Å². The SMILES string of the molecule is CC1(C)[C@H]2[C@@H](C(=O)N[C@H](C#N)C[C@@H]3CCNC3=O)N(C(=O)c3cc4c(OC(F)F)cccc4[nH]3)C[C@H]21. The maximum absolute atomic E-state index is 13.5. The van der Waals surface area contributed by atoms with Crippen molar-refractivity contribution >= 4 is 28.6 Å². The maximum atomic E-state index is 13.5. The van der Waals surface area contributed by atoms with Crippen LogP contribution in [0.5, 0.6) is 5.75 Å². The number of amides is 3. The van der Waals surface area contributed by atoms with Gasteiger partial charge in [-0.15, -0.1) is 0 Å². The molecule has 0 unspecified atom stereocenters. The van der Waals surface area contributed by atoms with Crippen LogP contribution < -0.4 is 15.4 Å². The predicted molar refractivity (Wildman–Crippen MR) is 124 cm³/mol. The molecule has 3 fully saturated rings. The Kier molecular flexibility index (Phi) is 5.85. The van der Waals surface area contributed by atoms with Crippen molar-refractivity contribution in [1.29, 1.82) is 5.26 Å². The fourth-order valence-electron chi connectivity index (χ4n) is 5.95. The summed E-state index contributed by atoms with van der Waals surface area (Å²) in [5.74, 6) is -1.31. The van der Waals surface area contributed by atoms with E-state index in [0.717, 1.165) is 0 Å². The number of carbonyl (C=O) groups excluding carboxylic acids is 3. The molecule has 2 aliphatic heterocycles. The lowest BCUT2D eigenvalue weighted by Crippen LogP contribution is -2.52. The second-order valence-corrected chi connectivity index (χ2v) is 10.3. The zero-order chi connectivity index (χ0) is 25.8. The van der Waals surface area contributed by atoms with E-state index in [1.54, 1.807) is 12.1 Å². The van der Waals surface area contributed by atoms with E-state index in [1.165, 1.54) is 17.0 Å². The number of H-pyrrole nitrogens is 1. The summed E-state index contributed by atoms with van der Waals surface area (Å²) in [6.45, 7) is 2.01. The molecule has 3 heterocycles. The summed E-state index contributed by atoms with van der Waals surface area (Å²) in [4.78, 5) is 43.3. The topological polar surface area (TPSA) is 127 Å². The minimum atomic E-state index is -3.01. The monoisotopic (exact) mass is 499 g/mol. The number of hydrogen-bond donors (Lipinski definition) is 3. The van der Waals surface area contributed by atoms with E-state index in [2.05, 4.69) is 26.4 Å². The number of aromatic amines is 1. The van der Waals surface area contributed by atoms with Gasteiger partial charge in [0.25, 0.3) is 5.91 Å². The molecule has 0 radical (unpaired) electrons. The number of alkyl halides is 2. The summed E-state index contributed by atoms with van der Waals surface area (Å²) in [5.41, 5.74) is 0.485. The number of likely N-dealkylation sites (tertiary alicyclic amines) is 1. The Balaban J connectivity index is 1.37. The van der Waals surface area contributed by atoms with Crippen LogP contribution in [0.3, 0.4) is 0 Å². The quantitative estimate of drug-likeness (QED) is 0.539. The second kappa shape index (κ2) is 8.76. The average molecular weight is 500 g/mol. The molecule has 11 heteroatoms. The zero-order valence-electron chi connectivity index (χ0n) is 19.9. The summed E-state index contributed by atoms with van der Waals surface area (Å²) in [5, 5.41) is 15.4. The molecule has 0 spiro atoms. The van der Waals surface area contributed by atoms with Crippen LogP contribution in [0, 0.1) is 34.5 Å². The van der Waals surface area contributed by atoms with Crippen LogP contribution in [-0.2, 0) is 9.59 Å². The van der Waals surface area contributed by atoms with Gasteiger partial charge in [0.1, 0.15) is 23.5 Å². The molecule has 1 saturated carbocycles. The van der Waals surface area contributed by atoms with Gasteiger partial charge in [0.05, 0.1) is 6.07 Å². The van der Waals surface area contributed by atoms with Crippen molar-refractivity contribution in [1.82, 2.24) is 20.5 Å². The van der Waals surface area contributed by atoms with Gasteiger partial charge in [-0.2, -0.15) is 14.0 Å². The molecule has 190 valence electrons. The normalized spacial score (nSPS) is 26.9. The van der Waals surface area contributed by atoms with Crippen LogP contribution in [0.25, 0.3) is 10.9 Å². The Morgan fingerprint density at radius 1 is 1.36 bits per heavy atom. The minimum absolute atomic E-state index is 0.0506. The largest absolute Gasteiger partial charge is 0.434 e. The highest BCUT2D eigenvalue weighted by Crippen LogP contribution is 2.65. The van der Waals surface area contributed by atoms with E-state index in [1.807, 2.05) is 13.8 Å². The van der Waals surface area contributed by atoms with Crippen LogP contribution in [0.2, 0.25) is 0 Å². The molecule has 3 aliphatic rings. The fraction of sp³-hybridized carbons (Fsp3) is 0.520. The number of halogens is 2. The minimum Gasteiger partial charge on any atom is -0.434 e. The van der Waals surface area contributed by atoms with E-state index in [9.17, 15) is 28.4 Å². The number of benzene rings is 1. The van der Waals surface area contributed by atoms with Crippen molar-refractivity contribution in [2.24, 2.45) is 23.2 Å². The average Bonchev–Trinajstić information content (AvgIpc) is 3.34. The number of hydrogen-bond acceptors (Lipinski definition) is 5. The first-order valence-electron chi connectivity index (χ1n) is 12.0. The predicted octanol–water partition coefficient (Wildman–Crippen LogP) is 2.40. The number of ether oxygens (including phenoxy) is 1. The van der Waals surface area contributed by atoms with E-state index in [0.29, 0.717) is 30.4 Å². The van der Waals surface area contributed by atoms with Crippen LogP contribution in [0.4, 0.5) is 8.78 Å². The number of nitriles is 1. The van der Waals surface area contributed by atoms with Crippen molar-refractivity contribution in [2.45, 2.75) is 45.4 Å². The lowest BCUT2D eigenvalue weighted by atomic mass is 9.97. The summed E-state index contributed by atoms with van der Waals surface area (Å²) >= 11 is 0. The summed E-state index contributed by atoms with van der Waals surface area (Å²) in [7, 11) is 0. The number of nitrogens with zero attached hydrogens (tertiary/aromatic N) is 2. The van der Waals surface area contributed by atoms with Gasteiger partial charge in [0.2, 0.25) is 11.8 Å². The van der Waals surface area contributed by atoms with Gasteiger partial charge in [0.15, 0.2) is 0 Å². The third kappa shape index (κ3) is 4.04.